The van der Waals surface area contributed by atoms with Crippen molar-refractivity contribution in [3.8, 4) is 0 Å². The molecule has 0 fully saturated rings. The minimum atomic E-state index is -0.903. The Hall–Kier alpha value is -2.17. The van der Waals surface area contributed by atoms with Gasteiger partial charge in [0.1, 0.15) is 0 Å². The number of carboxylic acid groups (broad SMARTS) is 1. The van der Waals surface area contributed by atoms with E-state index in [1.165, 1.54) is 0 Å². The number of aromatic carboxylic acids is 1. The number of aryl methyl sites for hydroxylation is 1. The first-order chi connectivity index (χ1) is 11.4. The molecule has 0 saturated heterocycles. The monoisotopic (exact) mass is 327 g/mol. The number of aliphatic hydroxyl groups excluding tert-OH is 1. The van der Waals surface area contributed by atoms with Gasteiger partial charge in [0.2, 0.25) is 0 Å². The number of rotatable bonds is 8. The minimum absolute atomic E-state index is 0.158. The lowest BCUT2D eigenvalue weighted by Gasteiger charge is -2.28. The van der Waals surface area contributed by atoms with Crippen LogP contribution < -0.4 is 5.32 Å². The van der Waals surface area contributed by atoms with Crippen molar-refractivity contribution < 1.29 is 15.0 Å². The first-order valence-corrected chi connectivity index (χ1v) is 8.18. The zero-order chi connectivity index (χ0) is 17.6. The second-order valence-corrected chi connectivity index (χ2v) is 6.70. The van der Waals surface area contributed by atoms with Gasteiger partial charge in [-0.1, -0.05) is 42.5 Å². The van der Waals surface area contributed by atoms with Crippen LogP contribution in [0, 0.1) is 0 Å². The van der Waals surface area contributed by atoms with Crippen LogP contribution in [-0.2, 0) is 6.42 Å². The van der Waals surface area contributed by atoms with E-state index >= 15 is 0 Å². The third-order valence-electron chi connectivity index (χ3n) is 4.17. The summed E-state index contributed by atoms with van der Waals surface area (Å²) in [7, 11) is 0. The molecule has 24 heavy (non-hydrogen) atoms. The van der Waals surface area contributed by atoms with E-state index in [1.807, 2.05) is 36.4 Å². The third kappa shape index (κ3) is 5.48. The average Bonchev–Trinajstić information content (AvgIpc) is 2.59. The van der Waals surface area contributed by atoms with Crippen molar-refractivity contribution in [2.75, 3.05) is 6.54 Å². The molecule has 4 nitrogen and oxygen atoms in total. The Morgan fingerprint density at radius 3 is 2.50 bits per heavy atom. The standard InChI is InChI=1S/C20H25NO3/c1-20(2,21-14-18(22)16-8-4-3-5-9-16)12-11-15-7-6-10-17(13-15)19(23)24/h3-10,13,18,21-22H,11-12,14H2,1-2H3,(H,23,24)/t18-/m0/s1. The SMILES string of the molecule is CC(C)(CCc1cccc(C(=O)O)c1)NC[C@H](O)c1ccccc1. The highest BCUT2D eigenvalue weighted by Crippen LogP contribution is 2.17. The number of aliphatic hydroxyl groups is 1. The van der Waals surface area contributed by atoms with Gasteiger partial charge in [-0.05, 0) is 49.9 Å². The Morgan fingerprint density at radius 1 is 1.12 bits per heavy atom. The normalized spacial score (nSPS) is 12.8. The highest BCUT2D eigenvalue weighted by atomic mass is 16.4. The van der Waals surface area contributed by atoms with Crippen molar-refractivity contribution in [3.05, 3.63) is 71.3 Å². The van der Waals surface area contributed by atoms with E-state index in [0.717, 1.165) is 24.0 Å². The van der Waals surface area contributed by atoms with Gasteiger partial charge in [0, 0.05) is 12.1 Å². The van der Waals surface area contributed by atoms with Crippen LogP contribution >= 0.6 is 0 Å². The first kappa shape index (κ1) is 18.2. The molecule has 0 spiro atoms. The van der Waals surface area contributed by atoms with Crippen LogP contribution in [0.25, 0.3) is 0 Å². The summed E-state index contributed by atoms with van der Waals surface area (Å²) in [5.41, 5.74) is 2.07. The van der Waals surface area contributed by atoms with E-state index < -0.39 is 12.1 Å². The van der Waals surface area contributed by atoms with Crippen molar-refractivity contribution in [1.29, 1.82) is 0 Å². The average molecular weight is 327 g/mol. The molecule has 0 aliphatic carbocycles. The van der Waals surface area contributed by atoms with Crippen LogP contribution in [0.4, 0.5) is 0 Å². The molecule has 1 atom stereocenters. The smallest absolute Gasteiger partial charge is 0.335 e. The van der Waals surface area contributed by atoms with Crippen LogP contribution in [0.1, 0.15) is 47.9 Å². The maximum Gasteiger partial charge on any atom is 0.335 e. The van der Waals surface area contributed by atoms with Gasteiger partial charge in [0.05, 0.1) is 11.7 Å². The Balaban J connectivity index is 1.87. The predicted octanol–water partition coefficient (Wildman–Crippen LogP) is 3.42. The van der Waals surface area contributed by atoms with Crippen molar-refractivity contribution in [2.24, 2.45) is 0 Å². The van der Waals surface area contributed by atoms with Crippen LogP contribution in [0.15, 0.2) is 54.6 Å². The highest BCUT2D eigenvalue weighted by molar-refractivity contribution is 5.87. The molecule has 0 aliphatic heterocycles. The van der Waals surface area contributed by atoms with Gasteiger partial charge in [-0.3, -0.25) is 0 Å². The molecule has 0 bridgehead atoms. The van der Waals surface area contributed by atoms with Gasteiger partial charge < -0.3 is 15.5 Å². The van der Waals surface area contributed by atoms with E-state index in [0.29, 0.717) is 12.1 Å². The molecule has 2 aromatic carbocycles. The topological polar surface area (TPSA) is 69.6 Å². The zero-order valence-electron chi connectivity index (χ0n) is 14.2. The van der Waals surface area contributed by atoms with Crippen LogP contribution in [0.3, 0.4) is 0 Å². The molecule has 2 rings (SSSR count). The molecular weight excluding hydrogens is 302 g/mol. The molecule has 0 amide bonds. The Morgan fingerprint density at radius 2 is 1.83 bits per heavy atom. The van der Waals surface area contributed by atoms with Gasteiger partial charge in [-0.25, -0.2) is 4.79 Å². The predicted molar refractivity (Wildman–Crippen MR) is 95.2 cm³/mol. The number of benzene rings is 2. The van der Waals surface area contributed by atoms with E-state index in [1.54, 1.807) is 18.2 Å². The number of nitrogens with one attached hydrogen (secondary N) is 1. The summed E-state index contributed by atoms with van der Waals surface area (Å²) in [4.78, 5) is 11.0. The van der Waals surface area contributed by atoms with Crippen LogP contribution in [-0.4, -0.2) is 28.3 Å². The van der Waals surface area contributed by atoms with Crippen molar-refractivity contribution in [1.82, 2.24) is 5.32 Å². The van der Waals surface area contributed by atoms with Crippen molar-refractivity contribution >= 4 is 5.97 Å². The highest BCUT2D eigenvalue weighted by Gasteiger charge is 2.19. The maximum absolute atomic E-state index is 11.0. The van der Waals surface area contributed by atoms with E-state index in [4.69, 9.17) is 5.11 Å². The van der Waals surface area contributed by atoms with Gasteiger partial charge in [0.25, 0.3) is 0 Å². The summed E-state index contributed by atoms with van der Waals surface area (Å²) in [5, 5.41) is 22.7. The Labute approximate surface area is 143 Å². The summed E-state index contributed by atoms with van der Waals surface area (Å²) >= 11 is 0. The molecule has 0 heterocycles. The lowest BCUT2D eigenvalue weighted by molar-refractivity contribution is 0.0696. The fourth-order valence-corrected chi connectivity index (χ4v) is 2.57. The molecular formula is C20H25NO3. The quantitative estimate of drug-likeness (QED) is 0.695. The van der Waals surface area contributed by atoms with E-state index in [9.17, 15) is 9.90 Å². The third-order valence-corrected chi connectivity index (χ3v) is 4.17. The summed E-state index contributed by atoms with van der Waals surface area (Å²) in [6.45, 7) is 4.66. The largest absolute Gasteiger partial charge is 0.478 e. The summed E-state index contributed by atoms with van der Waals surface area (Å²) in [6.07, 6.45) is 1.08. The number of carbonyl (C=O) groups is 1. The fourth-order valence-electron chi connectivity index (χ4n) is 2.57. The Bertz CT molecular complexity index is 668. The van der Waals surface area contributed by atoms with Gasteiger partial charge in [-0.2, -0.15) is 0 Å². The number of β-amino-alcohol motifs (C(OH)–C–C–N with tert-alkyl or cyclic N) is 1. The van der Waals surface area contributed by atoms with Crippen LogP contribution in [0.2, 0.25) is 0 Å². The van der Waals surface area contributed by atoms with Gasteiger partial charge in [0.15, 0.2) is 0 Å². The Kier molecular flexibility index (Phi) is 6.12. The van der Waals surface area contributed by atoms with E-state index in [2.05, 4.69) is 19.2 Å². The molecule has 0 saturated carbocycles. The number of hydrogen-bond acceptors (Lipinski definition) is 3. The minimum Gasteiger partial charge on any atom is -0.478 e. The van der Waals surface area contributed by atoms with Gasteiger partial charge >= 0.3 is 5.97 Å². The van der Waals surface area contributed by atoms with Gasteiger partial charge in [-0.15, -0.1) is 0 Å². The summed E-state index contributed by atoms with van der Waals surface area (Å²) < 4.78 is 0. The maximum atomic E-state index is 11.0. The lowest BCUT2D eigenvalue weighted by Crippen LogP contribution is -2.42. The van der Waals surface area contributed by atoms with Crippen molar-refractivity contribution in [3.63, 3.8) is 0 Å². The van der Waals surface area contributed by atoms with Crippen LogP contribution in [0.5, 0.6) is 0 Å². The molecule has 2 aromatic rings. The molecule has 0 unspecified atom stereocenters. The number of hydrogen-bond donors (Lipinski definition) is 3. The molecule has 0 aromatic heterocycles. The molecule has 0 radical (unpaired) electrons. The zero-order valence-corrected chi connectivity index (χ0v) is 14.2. The number of carboxylic acids is 1. The fraction of sp³-hybridized carbons (Fsp3) is 0.350. The first-order valence-electron chi connectivity index (χ1n) is 8.18. The molecule has 0 aliphatic rings. The molecule has 3 N–H and O–H groups in total. The second-order valence-electron chi connectivity index (χ2n) is 6.70. The van der Waals surface area contributed by atoms with Crippen molar-refractivity contribution in [2.45, 2.75) is 38.3 Å². The summed E-state index contributed by atoms with van der Waals surface area (Å²) in [6, 6.07) is 16.6. The lowest BCUT2D eigenvalue weighted by atomic mass is 9.94. The second kappa shape index (κ2) is 8.08. The van der Waals surface area contributed by atoms with E-state index in [-0.39, 0.29) is 5.54 Å². The summed E-state index contributed by atoms with van der Waals surface area (Å²) in [5.74, 6) is -0.903. The molecule has 128 valence electrons. The molecule has 4 heteroatoms.